The smallest absolute Gasteiger partial charge is 0.295 e. The molecule has 1 atom stereocenters. The van der Waals surface area contributed by atoms with E-state index in [1.165, 1.54) is 0 Å². The molecule has 1 saturated heterocycles. The lowest BCUT2D eigenvalue weighted by Crippen LogP contribution is -2.33. The first kappa shape index (κ1) is 28.0. The Bertz CT molecular complexity index is 1120. The lowest BCUT2D eigenvalue weighted by atomic mass is 9.95. The van der Waals surface area contributed by atoms with Gasteiger partial charge in [0.25, 0.3) is 11.7 Å². The van der Waals surface area contributed by atoms with Gasteiger partial charge in [-0.25, -0.2) is 0 Å². The third-order valence-electron chi connectivity index (χ3n) is 6.35. The average molecular weight is 507 g/mol. The van der Waals surface area contributed by atoms with Gasteiger partial charge in [0.15, 0.2) is 0 Å². The second-order valence-electron chi connectivity index (χ2n) is 9.24. The van der Waals surface area contributed by atoms with Crippen molar-refractivity contribution >= 4 is 17.4 Å². The number of nitrogens with zero attached hydrogens (tertiary/aromatic N) is 2. The Hall–Kier alpha value is -3.58. The van der Waals surface area contributed by atoms with Gasteiger partial charge in [-0.05, 0) is 81.9 Å². The number of carbonyl (C=O) groups excluding carboxylic acids is 2. The number of likely N-dealkylation sites (tertiary alicyclic amines) is 1. The molecule has 1 fully saturated rings. The number of ketones is 1. The molecule has 1 N–H and O–H groups in total. The molecule has 2 aromatic carbocycles. The van der Waals surface area contributed by atoms with Crippen LogP contribution in [0.1, 0.15) is 51.3 Å². The van der Waals surface area contributed by atoms with Crippen LogP contribution in [0.4, 0.5) is 0 Å². The summed E-state index contributed by atoms with van der Waals surface area (Å²) in [5.41, 5.74) is 1.22. The van der Waals surface area contributed by atoms with Crippen LogP contribution in [0.2, 0.25) is 0 Å². The molecule has 0 spiro atoms. The van der Waals surface area contributed by atoms with Gasteiger partial charge in [0.1, 0.15) is 23.9 Å². The maximum Gasteiger partial charge on any atom is 0.295 e. The summed E-state index contributed by atoms with van der Waals surface area (Å²) in [6.45, 7) is 15.1. The number of amides is 1. The quantitative estimate of drug-likeness (QED) is 0.174. The Morgan fingerprint density at radius 2 is 1.81 bits per heavy atom. The number of ether oxygens (including phenoxy) is 2. The lowest BCUT2D eigenvalue weighted by Gasteiger charge is -2.27. The van der Waals surface area contributed by atoms with E-state index in [9.17, 15) is 14.7 Å². The van der Waals surface area contributed by atoms with Crippen LogP contribution in [0.25, 0.3) is 5.76 Å². The van der Waals surface area contributed by atoms with E-state index in [1.807, 2.05) is 38.1 Å². The molecule has 198 valence electrons. The highest BCUT2D eigenvalue weighted by Crippen LogP contribution is 2.40. The van der Waals surface area contributed by atoms with Crippen LogP contribution in [0.15, 0.2) is 66.8 Å². The number of aliphatic hydroxyl groups is 1. The first-order valence-corrected chi connectivity index (χ1v) is 12.9. The van der Waals surface area contributed by atoms with Gasteiger partial charge in [0, 0.05) is 12.1 Å². The van der Waals surface area contributed by atoms with Gasteiger partial charge < -0.3 is 24.4 Å². The van der Waals surface area contributed by atoms with Crippen molar-refractivity contribution in [2.45, 2.75) is 46.3 Å². The van der Waals surface area contributed by atoms with E-state index in [0.29, 0.717) is 42.2 Å². The van der Waals surface area contributed by atoms with Crippen LogP contribution < -0.4 is 9.47 Å². The van der Waals surface area contributed by atoms with Crippen molar-refractivity contribution in [1.82, 2.24) is 9.80 Å². The Balaban J connectivity index is 2.02. The molecule has 0 bridgehead atoms. The molecule has 1 aliphatic heterocycles. The van der Waals surface area contributed by atoms with Crippen molar-refractivity contribution < 1.29 is 24.2 Å². The molecular formula is C30H38N2O5. The van der Waals surface area contributed by atoms with Crippen LogP contribution in [-0.4, -0.2) is 65.5 Å². The summed E-state index contributed by atoms with van der Waals surface area (Å²) in [5.74, 6) is -0.245. The minimum absolute atomic E-state index is 0.0108. The molecule has 1 heterocycles. The fraction of sp³-hybridized carbons (Fsp3) is 0.400. The Labute approximate surface area is 220 Å². The third kappa shape index (κ3) is 6.80. The molecule has 0 aliphatic carbocycles. The van der Waals surface area contributed by atoms with Crippen molar-refractivity contribution in [3.63, 3.8) is 0 Å². The SMILES string of the molecule is C=CCOc1cccc(C2/C(=C(\O)c3ccc(OC(C)C)cc3)C(=O)C(=O)N2CCCN(CC)CC)c1. The fourth-order valence-electron chi connectivity index (χ4n) is 4.51. The van der Waals surface area contributed by atoms with Crippen molar-refractivity contribution in [2.24, 2.45) is 0 Å². The molecule has 0 aromatic heterocycles. The second-order valence-corrected chi connectivity index (χ2v) is 9.24. The van der Waals surface area contributed by atoms with Gasteiger partial charge in [0.2, 0.25) is 0 Å². The molecule has 0 saturated carbocycles. The monoisotopic (exact) mass is 506 g/mol. The molecular weight excluding hydrogens is 468 g/mol. The highest BCUT2D eigenvalue weighted by atomic mass is 16.5. The van der Waals surface area contributed by atoms with E-state index >= 15 is 0 Å². The first-order chi connectivity index (χ1) is 17.8. The molecule has 0 radical (unpaired) electrons. The maximum absolute atomic E-state index is 13.3. The zero-order valence-corrected chi connectivity index (χ0v) is 22.3. The Kier molecular flexibility index (Phi) is 9.92. The predicted octanol–water partition coefficient (Wildman–Crippen LogP) is 5.19. The summed E-state index contributed by atoms with van der Waals surface area (Å²) in [6.07, 6.45) is 2.37. The number of carbonyl (C=O) groups is 2. The minimum atomic E-state index is -0.726. The summed E-state index contributed by atoms with van der Waals surface area (Å²) in [4.78, 5) is 30.4. The topological polar surface area (TPSA) is 79.3 Å². The van der Waals surface area contributed by atoms with Gasteiger partial charge in [-0.1, -0.05) is 38.6 Å². The van der Waals surface area contributed by atoms with Crippen molar-refractivity contribution in [3.05, 3.63) is 77.9 Å². The number of hydrogen-bond acceptors (Lipinski definition) is 6. The fourth-order valence-corrected chi connectivity index (χ4v) is 4.51. The van der Waals surface area contributed by atoms with E-state index < -0.39 is 17.7 Å². The number of benzene rings is 2. The van der Waals surface area contributed by atoms with E-state index in [4.69, 9.17) is 9.47 Å². The van der Waals surface area contributed by atoms with Crippen molar-refractivity contribution in [3.8, 4) is 11.5 Å². The zero-order chi connectivity index (χ0) is 26.9. The zero-order valence-electron chi connectivity index (χ0n) is 22.3. The Morgan fingerprint density at radius 3 is 2.43 bits per heavy atom. The van der Waals surface area contributed by atoms with Crippen LogP contribution in [-0.2, 0) is 9.59 Å². The van der Waals surface area contributed by atoms with Gasteiger partial charge >= 0.3 is 0 Å². The molecule has 1 unspecified atom stereocenters. The van der Waals surface area contributed by atoms with Crippen LogP contribution in [0.3, 0.4) is 0 Å². The van der Waals surface area contributed by atoms with Crippen molar-refractivity contribution in [1.29, 1.82) is 0 Å². The largest absolute Gasteiger partial charge is 0.507 e. The standard InChI is InChI=1S/C30H38N2O5/c1-6-19-36-25-12-9-11-23(20-25)27-26(28(33)22-13-15-24(16-14-22)37-21(4)5)29(34)30(35)32(27)18-10-17-31(7-2)8-3/h6,9,11-16,20-21,27,33H,1,7-8,10,17-19H2,2-5H3/b28-26+. The van der Waals surface area contributed by atoms with Crippen LogP contribution in [0.5, 0.6) is 11.5 Å². The summed E-state index contributed by atoms with van der Waals surface area (Å²) in [5, 5.41) is 11.3. The molecule has 3 rings (SSSR count). The van der Waals surface area contributed by atoms with E-state index in [1.54, 1.807) is 35.2 Å². The van der Waals surface area contributed by atoms with Gasteiger partial charge in [-0.3, -0.25) is 9.59 Å². The lowest BCUT2D eigenvalue weighted by molar-refractivity contribution is -0.140. The number of rotatable bonds is 13. The maximum atomic E-state index is 13.3. The average Bonchev–Trinajstić information content (AvgIpc) is 3.15. The summed E-state index contributed by atoms with van der Waals surface area (Å²) in [6, 6.07) is 13.4. The van der Waals surface area contributed by atoms with E-state index in [0.717, 1.165) is 19.6 Å². The van der Waals surface area contributed by atoms with Gasteiger partial charge in [-0.2, -0.15) is 0 Å². The molecule has 7 nitrogen and oxygen atoms in total. The summed E-state index contributed by atoms with van der Waals surface area (Å²) < 4.78 is 11.4. The molecule has 2 aromatic rings. The van der Waals surface area contributed by atoms with Gasteiger partial charge in [-0.15, -0.1) is 0 Å². The van der Waals surface area contributed by atoms with Gasteiger partial charge in [0.05, 0.1) is 17.7 Å². The predicted molar refractivity (Wildman–Crippen MR) is 146 cm³/mol. The summed E-state index contributed by atoms with van der Waals surface area (Å²) in [7, 11) is 0. The highest BCUT2D eigenvalue weighted by molar-refractivity contribution is 6.46. The molecule has 7 heteroatoms. The molecule has 37 heavy (non-hydrogen) atoms. The first-order valence-electron chi connectivity index (χ1n) is 12.9. The van der Waals surface area contributed by atoms with E-state index in [2.05, 4.69) is 25.3 Å². The number of Topliss-reactive ketones (excluding diaryl/α,β-unsaturated/α-hetero) is 1. The van der Waals surface area contributed by atoms with Crippen molar-refractivity contribution in [2.75, 3.05) is 32.8 Å². The van der Waals surface area contributed by atoms with E-state index in [-0.39, 0.29) is 17.4 Å². The highest BCUT2D eigenvalue weighted by Gasteiger charge is 2.45. The normalized spacial score (nSPS) is 17.0. The minimum Gasteiger partial charge on any atom is -0.507 e. The summed E-state index contributed by atoms with van der Waals surface area (Å²) >= 11 is 0. The number of hydrogen-bond donors (Lipinski definition) is 1. The molecule has 1 amide bonds. The van der Waals surface area contributed by atoms with Crippen LogP contribution >= 0.6 is 0 Å². The number of aliphatic hydroxyl groups excluding tert-OH is 1. The molecule has 1 aliphatic rings. The second kappa shape index (κ2) is 13.1. The van der Waals surface area contributed by atoms with Crippen LogP contribution in [0, 0.1) is 0 Å². The third-order valence-corrected chi connectivity index (χ3v) is 6.35. The Morgan fingerprint density at radius 1 is 1.11 bits per heavy atom.